The number of benzene rings is 3. The van der Waals surface area contributed by atoms with Gasteiger partial charge in [-0.2, -0.15) is 0 Å². The van der Waals surface area contributed by atoms with E-state index in [0.29, 0.717) is 11.4 Å². The summed E-state index contributed by atoms with van der Waals surface area (Å²) in [6.07, 6.45) is 0. The molecule has 1 atom stereocenters. The fourth-order valence-electron chi connectivity index (χ4n) is 4.04. The minimum Gasteiger partial charge on any atom is -0.497 e. The molecule has 0 aliphatic rings. The lowest BCUT2D eigenvalue weighted by atomic mass is 10.1. The Morgan fingerprint density at radius 3 is 2.10 bits per heavy atom. The molecule has 39 heavy (non-hydrogen) atoms. The van der Waals surface area contributed by atoms with E-state index >= 15 is 0 Å². The third-order valence-corrected chi connectivity index (χ3v) is 8.29. The summed E-state index contributed by atoms with van der Waals surface area (Å²) in [5.74, 6) is -0.164. The summed E-state index contributed by atoms with van der Waals surface area (Å²) in [7, 11) is -2.52. The summed E-state index contributed by atoms with van der Waals surface area (Å²) in [6, 6.07) is 19.5. The molecule has 0 saturated carbocycles. The largest absolute Gasteiger partial charge is 0.497 e. The highest BCUT2D eigenvalue weighted by atomic mass is 32.2. The van der Waals surface area contributed by atoms with Crippen molar-refractivity contribution in [3.8, 4) is 5.75 Å². The van der Waals surface area contributed by atoms with Gasteiger partial charge in [-0.05, 0) is 87.7 Å². The predicted octanol–water partition coefficient (Wildman–Crippen LogP) is 4.45. The van der Waals surface area contributed by atoms with Gasteiger partial charge in [0, 0.05) is 12.6 Å². The van der Waals surface area contributed by atoms with E-state index in [-0.39, 0.29) is 23.4 Å². The summed E-state index contributed by atoms with van der Waals surface area (Å²) in [5, 5.41) is 2.85. The van der Waals surface area contributed by atoms with Gasteiger partial charge in [0.15, 0.2) is 0 Å². The molecule has 3 aromatic carbocycles. The number of hydrogen-bond acceptors (Lipinski definition) is 5. The van der Waals surface area contributed by atoms with Gasteiger partial charge in [-0.15, -0.1) is 0 Å². The van der Waals surface area contributed by atoms with Crippen LogP contribution in [0.5, 0.6) is 5.75 Å². The Kier molecular flexibility index (Phi) is 9.75. The van der Waals surface area contributed by atoms with Crippen LogP contribution in [0.15, 0.2) is 77.7 Å². The molecule has 0 saturated heterocycles. The first-order valence-electron chi connectivity index (χ1n) is 12.8. The summed E-state index contributed by atoms with van der Waals surface area (Å²) >= 11 is 0. The molecule has 1 N–H and O–H groups in total. The third kappa shape index (κ3) is 7.38. The second-order valence-corrected chi connectivity index (χ2v) is 11.7. The van der Waals surface area contributed by atoms with Gasteiger partial charge >= 0.3 is 0 Å². The van der Waals surface area contributed by atoms with E-state index < -0.39 is 28.5 Å². The highest BCUT2D eigenvalue weighted by molar-refractivity contribution is 7.92. The zero-order valence-corrected chi connectivity index (χ0v) is 24.2. The average Bonchev–Trinajstić information content (AvgIpc) is 2.91. The first-order valence-corrected chi connectivity index (χ1v) is 14.3. The molecule has 0 radical (unpaired) electrons. The number of nitrogens with zero attached hydrogens (tertiary/aromatic N) is 2. The van der Waals surface area contributed by atoms with Crippen LogP contribution in [0.1, 0.15) is 37.5 Å². The maximum Gasteiger partial charge on any atom is 0.264 e. The number of amides is 2. The van der Waals surface area contributed by atoms with E-state index in [0.717, 1.165) is 21.0 Å². The maximum absolute atomic E-state index is 13.9. The van der Waals surface area contributed by atoms with E-state index in [4.69, 9.17) is 4.74 Å². The number of aryl methyl sites for hydroxylation is 2. The van der Waals surface area contributed by atoms with Crippen LogP contribution in [0.2, 0.25) is 0 Å². The Labute approximate surface area is 231 Å². The van der Waals surface area contributed by atoms with Gasteiger partial charge in [-0.3, -0.25) is 13.9 Å². The van der Waals surface area contributed by atoms with Crippen LogP contribution in [0.25, 0.3) is 0 Å². The number of hydrogen-bond donors (Lipinski definition) is 1. The second-order valence-electron chi connectivity index (χ2n) is 9.80. The maximum atomic E-state index is 13.9. The van der Waals surface area contributed by atoms with Crippen molar-refractivity contribution in [3.05, 3.63) is 89.5 Å². The molecule has 0 aliphatic carbocycles. The number of methoxy groups -OCH3 is 1. The smallest absolute Gasteiger partial charge is 0.264 e. The van der Waals surface area contributed by atoms with E-state index in [1.165, 1.54) is 17.0 Å². The molecule has 208 valence electrons. The molecule has 3 aromatic rings. The molecule has 8 nitrogen and oxygen atoms in total. The normalized spacial score (nSPS) is 12.1. The number of sulfonamides is 1. The Bertz CT molecular complexity index is 1390. The number of rotatable bonds is 11. The molecule has 9 heteroatoms. The number of carbonyl (C=O) groups excluding carboxylic acids is 2. The van der Waals surface area contributed by atoms with E-state index in [1.54, 1.807) is 56.5 Å². The topological polar surface area (TPSA) is 96.0 Å². The summed E-state index contributed by atoms with van der Waals surface area (Å²) < 4.78 is 34.0. The highest BCUT2D eigenvalue weighted by Crippen LogP contribution is 2.26. The molecular weight excluding hydrogens is 514 g/mol. The lowest BCUT2D eigenvalue weighted by Crippen LogP contribution is -2.52. The Hall–Kier alpha value is -3.85. The molecule has 0 fully saturated rings. The van der Waals surface area contributed by atoms with Crippen LogP contribution < -0.4 is 14.4 Å². The van der Waals surface area contributed by atoms with Crippen molar-refractivity contribution in [1.29, 1.82) is 0 Å². The molecule has 1 unspecified atom stereocenters. The van der Waals surface area contributed by atoms with Gasteiger partial charge in [-0.25, -0.2) is 8.42 Å². The Morgan fingerprint density at radius 1 is 0.897 bits per heavy atom. The molecule has 0 heterocycles. The number of carbonyl (C=O) groups is 2. The van der Waals surface area contributed by atoms with Crippen molar-refractivity contribution >= 4 is 27.5 Å². The van der Waals surface area contributed by atoms with Crippen molar-refractivity contribution in [2.75, 3.05) is 18.0 Å². The zero-order chi connectivity index (χ0) is 28.7. The fraction of sp³-hybridized carbons (Fsp3) is 0.333. The van der Waals surface area contributed by atoms with E-state index in [1.807, 2.05) is 45.9 Å². The van der Waals surface area contributed by atoms with Gasteiger partial charge < -0.3 is 15.0 Å². The minimum atomic E-state index is -4.09. The number of ether oxygens (including phenoxy) is 1. The van der Waals surface area contributed by atoms with Gasteiger partial charge in [0.1, 0.15) is 18.3 Å². The van der Waals surface area contributed by atoms with Crippen LogP contribution in [-0.2, 0) is 26.2 Å². The van der Waals surface area contributed by atoms with Crippen molar-refractivity contribution < 1.29 is 22.7 Å². The monoisotopic (exact) mass is 551 g/mol. The lowest BCUT2D eigenvalue weighted by Gasteiger charge is -2.32. The fourth-order valence-corrected chi connectivity index (χ4v) is 5.47. The van der Waals surface area contributed by atoms with Crippen molar-refractivity contribution in [2.24, 2.45) is 0 Å². The Balaban J connectivity index is 2.03. The molecule has 3 rings (SSSR count). The van der Waals surface area contributed by atoms with Crippen molar-refractivity contribution in [1.82, 2.24) is 10.2 Å². The van der Waals surface area contributed by atoms with Gasteiger partial charge in [0.25, 0.3) is 10.0 Å². The molecular formula is C30H37N3O5S. The molecule has 2 amide bonds. The predicted molar refractivity (Wildman–Crippen MR) is 153 cm³/mol. The summed E-state index contributed by atoms with van der Waals surface area (Å²) in [5.41, 5.74) is 3.05. The summed E-state index contributed by atoms with van der Waals surface area (Å²) in [4.78, 5) is 28.4. The first kappa shape index (κ1) is 29.7. The minimum absolute atomic E-state index is 0.0725. The van der Waals surface area contributed by atoms with Crippen LogP contribution in [-0.4, -0.2) is 50.9 Å². The second kappa shape index (κ2) is 12.8. The number of nitrogens with one attached hydrogen (secondary N) is 1. The molecule has 0 aliphatic heterocycles. The average molecular weight is 552 g/mol. The van der Waals surface area contributed by atoms with Crippen LogP contribution in [0.3, 0.4) is 0 Å². The standard InChI is InChI=1S/C30H37N3O5S/c1-21(2)31-30(35)24(5)32(19-25-13-16-27(38-6)17-14-25)29(34)20-33(26-15-12-22(3)23(4)18-26)39(36,37)28-10-8-7-9-11-28/h7-18,21,24H,19-20H2,1-6H3,(H,31,35). The number of anilines is 1. The van der Waals surface area contributed by atoms with Gasteiger partial charge in [-0.1, -0.05) is 36.4 Å². The summed E-state index contributed by atoms with van der Waals surface area (Å²) in [6.45, 7) is 8.79. The quantitative estimate of drug-likeness (QED) is 0.380. The Morgan fingerprint density at radius 2 is 1.54 bits per heavy atom. The molecule has 0 bridgehead atoms. The SMILES string of the molecule is COc1ccc(CN(C(=O)CN(c2ccc(C)c(C)c2)S(=O)(=O)c2ccccc2)C(C)C(=O)NC(C)C)cc1. The lowest BCUT2D eigenvalue weighted by molar-refractivity contribution is -0.139. The molecule has 0 spiro atoms. The van der Waals surface area contributed by atoms with Crippen LogP contribution in [0, 0.1) is 13.8 Å². The highest BCUT2D eigenvalue weighted by Gasteiger charge is 2.32. The van der Waals surface area contributed by atoms with Crippen molar-refractivity contribution in [3.63, 3.8) is 0 Å². The van der Waals surface area contributed by atoms with Crippen LogP contribution >= 0.6 is 0 Å². The zero-order valence-electron chi connectivity index (χ0n) is 23.3. The third-order valence-electron chi connectivity index (χ3n) is 6.50. The van der Waals surface area contributed by atoms with E-state index in [9.17, 15) is 18.0 Å². The first-order chi connectivity index (χ1) is 18.4. The van der Waals surface area contributed by atoms with E-state index in [2.05, 4.69) is 5.32 Å². The van der Waals surface area contributed by atoms with Crippen molar-refractivity contribution in [2.45, 2.75) is 58.1 Å². The molecule has 0 aromatic heterocycles. The van der Waals surface area contributed by atoms with Crippen LogP contribution in [0.4, 0.5) is 5.69 Å². The van der Waals surface area contributed by atoms with Gasteiger partial charge in [0.2, 0.25) is 11.8 Å². The van der Waals surface area contributed by atoms with Gasteiger partial charge in [0.05, 0.1) is 17.7 Å².